The summed E-state index contributed by atoms with van der Waals surface area (Å²) in [4.78, 5) is 24.2. The van der Waals surface area contributed by atoms with Crippen LogP contribution in [-0.4, -0.2) is 33.7 Å². The summed E-state index contributed by atoms with van der Waals surface area (Å²) in [6.07, 6.45) is 0. The number of benzene rings is 1. The summed E-state index contributed by atoms with van der Waals surface area (Å²) in [6, 6.07) is 6.97. The molecule has 0 fully saturated rings. The van der Waals surface area contributed by atoms with E-state index in [0.717, 1.165) is 16.0 Å². The predicted molar refractivity (Wildman–Crippen MR) is 104 cm³/mol. The van der Waals surface area contributed by atoms with Gasteiger partial charge in [-0.25, -0.2) is 0 Å². The van der Waals surface area contributed by atoms with Gasteiger partial charge in [0.15, 0.2) is 10.1 Å². The van der Waals surface area contributed by atoms with Crippen molar-refractivity contribution in [1.82, 2.24) is 10.2 Å². The number of ketones is 1. The van der Waals surface area contributed by atoms with Crippen LogP contribution < -0.4 is 10.6 Å². The van der Waals surface area contributed by atoms with Crippen molar-refractivity contribution in [2.24, 2.45) is 5.92 Å². The van der Waals surface area contributed by atoms with Gasteiger partial charge in [0.2, 0.25) is 11.0 Å². The molecule has 2 aromatic rings. The molecule has 6 nitrogen and oxygen atoms in total. The minimum atomic E-state index is -0.265. The SMILES string of the molecule is CCNc1nnc(S[C@@H](C)C(=O)c2ccc(NC(=O)C(C)C)cc2)s1. The molecule has 0 saturated heterocycles. The van der Waals surface area contributed by atoms with Crippen LogP contribution in [-0.2, 0) is 4.79 Å². The summed E-state index contributed by atoms with van der Waals surface area (Å²) in [6.45, 7) is 8.30. The average molecular weight is 379 g/mol. The highest BCUT2D eigenvalue weighted by Crippen LogP contribution is 2.30. The fourth-order valence-corrected chi connectivity index (χ4v) is 3.96. The van der Waals surface area contributed by atoms with Crippen LogP contribution in [0.1, 0.15) is 38.1 Å². The first kappa shape index (κ1) is 19.4. The van der Waals surface area contributed by atoms with Gasteiger partial charge < -0.3 is 10.6 Å². The Morgan fingerprint density at radius 1 is 1.16 bits per heavy atom. The molecule has 0 aliphatic heterocycles. The van der Waals surface area contributed by atoms with Gasteiger partial charge in [0.1, 0.15) is 0 Å². The Hall–Kier alpha value is -1.93. The van der Waals surface area contributed by atoms with Crippen molar-refractivity contribution in [3.05, 3.63) is 29.8 Å². The number of carbonyl (C=O) groups is 2. The highest BCUT2D eigenvalue weighted by Gasteiger charge is 2.19. The van der Waals surface area contributed by atoms with Crippen LogP contribution in [0.2, 0.25) is 0 Å². The molecule has 0 spiro atoms. The fraction of sp³-hybridized carbons (Fsp3) is 0.412. The zero-order valence-electron chi connectivity index (χ0n) is 14.7. The number of anilines is 2. The zero-order chi connectivity index (χ0) is 18.4. The minimum absolute atomic E-state index is 0.0203. The lowest BCUT2D eigenvalue weighted by atomic mass is 10.1. The van der Waals surface area contributed by atoms with Gasteiger partial charge in [-0.2, -0.15) is 0 Å². The van der Waals surface area contributed by atoms with Gasteiger partial charge in [-0.05, 0) is 38.1 Å². The number of amides is 1. The van der Waals surface area contributed by atoms with Crippen molar-refractivity contribution in [2.75, 3.05) is 17.2 Å². The van der Waals surface area contributed by atoms with Crippen LogP contribution >= 0.6 is 23.1 Å². The van der Waals surface area contributed by atoms with Crippen molar-refractivity contribution in [1.29, 1.82) is 0 Å². The van der Waals surface area contributed by atoms with Gasteiger partial charge in [-0.1, -0.05) is 36.9 Å². The average Bonchev–Trinajstić information content (AvgIpc) is 3.02. The Morgan fingerprint density at radius 2 is 1.84 bits per heavy atom. The van der Waals surface area contributed by atoms with Gasteiger partial charge in [0.05, 0.1) is 5.25 Å². The summed E-state index contributed by atoms with van der Waals surface area (Å²) >= 11 is 2.84. The summed E-state index contributed by atoms with van der Waals surface area (Å²) in [5, 5.41) is 14.5. The number of nitrogens with one attached hydrogen (secondary N) is 2. The molecule has 1 heterocycles. The molecular formula is C17H22N4O2S2. The second-order valence-corrected chi connectivity index (χ2v) is 8.31. The number of carbonyl (C=O) groups excluding carboxylic acids is 2. The van der Waals surface area contributed by atoms with E-state index >= 15 is 0 Å². The molecule has 1 amide bonds. The Kier molecular flexibility index (Phi) is 6.95. The van der Waals surface area contributed by atoms with Crippen molar-refractivity contribution in [3.8, 4) is 0 Å². The Balaban J connectivity index is 1.97. The highest BCUT2D eigenvalue weighted by molar-refractivity contribution is 8.02. The van der Waals surface area contributed by atoms with Gasteiger partial charge in [-0.3, -0.25) is 9.59 Å². The van der Waals surface area contributed by atoms with Crippen molar-refractivity contribution < 1.29 is 9.59 Å². The van der Waals surface area contributed by atoms with Crippen LogP contribution in [0, 0.1) is 5.92 Å². The van der Waals surface area contributed by atoms with E-state index in [0.29, 0.717) is 11.3 Å². The van der Waals surface area contributed by atoms with E-state index in [1.165, 1.54) is 23.1 Å². The maximum Gasteiger partial charge on any atom is 0.226 e. The van der Waals surface area contributed by atoms with E-state index in [-0.39, 0.29) is 22.9 Å². The van der Waals surface area contributed by atoms with Gasteiger partial charge >= 0.3 is 0 Å². The Morgan fingerprint density at radius 3 is 2.44 bits per heavy atom. The highest BCUT2D eigenvalue weighted by atomic mass is 32.2. The van der Waals surface area contributed by atoms with Crippen LogP contribution in [0.25, 0.3) is 0 Å². The molecule has 1 aromatic carbocycles. The molecule has 25 heavy (non-hydrogen) atoms. The first-order valence-corrected chi connectivity index (χ1v) is 9.79. The van der Waals surface area contributed by atoms with Crippen molar-refractivity contribution in [3.63, 3.8) is 0 Å². The Labute approximate surface area is 155 Å². The van der Waals surface area contributed by atoms with E-state index in [9.17, 15) is 9.59 Å². The molecule has 0 aliphatic carbocycles. The zero-order valence-corrected chi connectivity index (χ0v) is 16.3. The molecule has 1 aromatic heterocycles. The van der Waals surface area contributed by atoms with E-state index < -0.39 is 0 Å². The maximum absolute atomic E-state index is 12.6. The second-order valence-electron chi connectivity index (χ2n) is 5.75. The molecule has 2 rings (SSSR count). The first-order chi connectivity index (χ1) is 11.9. The lowest BCUT2D eigenvalue weighted by Gasteiger charge is -2.10. The molecule has 2 N–H and O–H groups in total. The van der Waals surface area contributed by atoms with E-state index in [4.69, 9.17) is 0 Å². The topological polar surface area (TPSA) is 84.0 Å². The standard InChI is InChI=1S/C17H22N4O2S2/c1-5-18-16-20-21-17(25-16)24-11(4)14(22)12-6-8-13(9-7-12)19-15(23)10(2)3/h6-11H,5H2,1-4H3,(H,18,20)(H,19,23)/t11-/m0/s1. The molecule has 1 atom stereocenters. The largest absolute Gasteiger partial charge is 0.360 e. The Bertz CT molecular complexity index is 729. The lowest BCUT2D eigenvalue weighted by Crippen LogP contribution is -2.18. The molecular weight excluding hydrogens is 356 g/mol. The van der Waals surface area contributed by atoms with E-state index in [2.05, 4.69) is 20.8 Å². The van der Waals surface area contributed by atoms with Crippen LogP contribution in [0.5, 0.6) is 0 Å². The summed E-state index contributed by atoms with van der Waals surface area (Å²) in [5.74, 6) is -0.112. The van der Waals surface area contributed by atoms with Gasteiger partial charge in [0.25, 0.3) is 0 Å². The molecule has 0 bridgehead atoms. The summed E-state index contributed by atoms with van der Waals surface area (Å²) in [7, 11) is 0. The molecule has 8 heteroatoms. The van der Waals surface area contributed by atoms with Gasteiger partial charge in [0, 0.05) is 23.7 Å². The maximum atomic E-state index is 12.6. The number of hydrogen-bond acceptors (Lipinski definition) is 7. The third-order valence-corrected chi connectivity index (χ3v) is 5.41. The number of thioether (sulfide) groups is 1. The van der Waals surface area contributed by atoms with Crippen LogP contribution in [0.4, 0.5) is 10.8 Å². The quantitative estimate of drug-likeness (QED) is 0.535. The fourth-order valence-electron chi connectivity index (χ4n) is 1.92. The predicted octanol–water partition coefficient (Wildman–Crippen LogP) is 3.93. The normalized spacial score (nSPS) is 12.0. The summed E-state index contributed by atoms with van der Waals surface area (Å²) in [5.41, 5.74) is 1.30. The number of Topliss-reactive ketones (excluding diaryl/α,β-unsaturated/α-hetero) is 1. The van der Waals surface area contributed by atoms with Gasteiger partial charge in [-0.15, -0.1) is 10.2 Å². The number of hydrogen-bond donors (Lipinski definition) is 2. The number of nitrogens with zero attached hydrogens (tertiary/aromatic N) is 2. The molecule has 134 valence electrons. The molecule has 0 radical (unpaired) electrons. The number of aromatic nitrogens is 2. The minimum Gasteiger partial charge on any atom is -0.360 e. The lowest BCUT2D eigenvalue weighted by molar-refractivity contribution is -0.118. The first-order valence-electron chi connectivity index (χ1n) is 8.09. The smallest absolute Gasteiger partial charge is 0.226 e. The third-order valence-electron chi connectivity index (χ3n) is 3.34. The second kappa shape index (κ2) is 8.96. The van der Waals surface area contributed by atoms with Crippen LogP contribution in [0.3, 0.4) is 0 Å². The van der Waals surface area contributed by atoms with Crippen LogP contribution in [0.15, 0.2) is 28.6 Å². The van der Waals surface area contributed by atoms with E-state index in [1.54, 1.807) is 24.3 Å². The summed E-state index contributed by atoms with van der Waals surface area (Å²) < 4.78 is 0.762. The number of rotatable bonds is 8. The molecule has 0 aliphatic rings. The monoisotopic (exact) mass is 378 g/mol. The van der Waals surface area contributed by atoms with E-state index in [1.807, 2.05) is 27.7 Å². The van der Waals surface area contributed by atoms with Crippen molar-refractivity contribution >= 4 is 45.6 Å². The molecule has 0 saturated carbocycles. The van der Waals surface area contributed by atoms with Crippen molar-refractivity contribution in [2.45, 2.75) is 37.3 Å². The molecule has 0 unspecified atom stereocenters. The third kappa shape index (κ3) is 5.54.